The van der Waals surface area contributed by atoms with Crippen LogP contribution in [0.3, 0.4) is 0 Å². The van der Waals surface area contributed by atoms with E-state index in [1.807, 2.05) is 0 Å². The predicted molar refractivity (Wildman–Crippen MR) is 103 cm³/mol. The lowest BCUT2D eigenvalue weighted by atomic mass is 10.0. The predicted octanol–water partition coefficient (Wildman–Crippen LogP) is 1.57. The molecule has 2 aliphatic heterocycles. The Morgan fingerprint density at radius 1 is 1.19 bits per heavy atom. The summed E-state index contributed by atoms with van der Waals surface area (Å²) in [7, 11) is 0. The van der Waals surface area contributed by atoms with Crippen LogP contribution in [0.1, 0.15) is 39.5 Å². The van der Waals surface area contributed by atoms with Crippen molar-refractivity contribution in [3.8, 4) is 0 Å². The minimum atomic E-state index is 0.207. The van der Waals surface area contributed by atoms with Gasteiger partial charge in [0.05, 0.1) is 19.3 Å². The molecule has 0 amide bonds. The first-order chi connectivity index (χ1) is 12.8. The highest BCUT2D eigenvalue weighted by Crippen LogP contribution is 2.14. The Morgan fingerprint density at radius 3 is 2.73 bits per heavy atom. The summed E-state index contributed by atoms with van der Waals surface area (Å²) in [4.78, 5) is 4.63. The van der Waals surface area contributed by atoms with Gasteiger partial charge in [-0.25, -0.2) is 0 Å². The highest BCUT2D eigenvalue weighted by atomic mass is 16.5. The quantitative estimate of drug-likeness (QED) is 0.326. The molecule has 2 fully saturated rings. The number of aliphatic imine (C=N–C) groups is 1. The molecule has 0 aromatic carbocycles. The molecule has 0 aromatic rings. The van der Waals surface area contributed by atoms with E-state index in [1.54, 1.807) is 0 Å². The summed E-state index contributed by atoms with van der Waals surface area (Å²) in [6, 6.07) is 0.207. The number of ether oxygens (including phenoxy) is 4. The van der Waals surface area contributed by atoms with E-state index in [2.05, 4.69) is 29.5 Å². The fourth-order valence-electron chi connectivity index (χ4n) is 3.04. The van der Waals surface area contributed by atoms with Crippen LogP contribution in [0.5, 0.6) is 0 Å². The van der Waals surface area contributed by atoms with E-state index in [-0.39, 0.29) is 12.1 Å². The Hall–Kier alpha value is -0.890. The van der Waals surface area contributed by atoms with Crippen molar-refractivity contribution in [1.82, 2.24) is 10.6 Å². The first-order valence-corrected chi connectivity index (χ1v) is 10.2. The second-order valence-electron chi connectivity index (χ2n) is 7.11. The number of hydrogen-bond donors (Lipinski definition) is 2. The third-order valence-electron chi connectivity index (χ3n) is 4.61. The standard InChI is InChI=1S/C19H37N3O4/c1-3-20-19(22-16(2)13-26-18-7-12-25-15-18)21-8-4-9-24-14-17-5-10-23-11-6-17/h16-18H,3-15H2,1-2H3,(H2,20,21,22). The van der Waals surface area contributed by atoms with E-state index in [0.717, 1.165) is 84.4 Å². The number of hydrogen-bond acceptors (Lipinski definition) is 5. The van der Waals surface area contributed by atoms with Crippen molar-refractivity contribution in [3.05, 3.63) is 0 Å². The summed E-state index contributed by atoms with van der Waals surface area (Å²) in [5.41, 5.74) is 0. The van der Waals surface area contributed by atoms with Crippen molar-refractivity contribution in [2.24, 2.45) is 10.9 Å². The van der Waals surface area contributed by atoms with Gasteiger partial charge < -0.3 is 29.6 Å². The maximum absolute atomic E-state index is 5.86. The Balaban J connectivity index is 1.55. The van der Waals surface area contributed by atoms with Gasteiger partial charge in [-0.15, -0.1) is 0 Å². The van der Waals surface area contributed by atoms with E-state index < -0.39 is 0 Å². The SMILES string of the molecule is CCNC(=NCCCOCC1CCOCC1)NC(C)COC1CCOC1. The molecule has 0 aromatic heterocycles. The number of nitrogens with zero attached hydrogens (tertiary/aromatic N) is 1. The van der Waals surface area contributed by atoms with E-state index in [9.17, 15) is 0 Å². The molecule has 152 valence electrons. The molecule has 2 atom stereocenters. The van der Waals surface area contributed by atoms with Crippen LogP contribution in [0.4, 0.5) is 0 Å². The van der Waals surface area contributed by atoms with Gasteiger partial charge in [-0.3, -0.25) is 4.99 Å². The fourth-order valence-corrected chi connectivity index (χ4v) is 3.04. The van der Waals surface area contributed by atoms with Crippen molar-refractivity contribution in [1.29, 1.82) is 0 Å². The smallest absolute Gasteiger partial charge is 0.191 e. The first-order valence-electron chi connectivity index (χ1n) is 10.2. The molecule has 0 saturated carbocycles. The molecule has 7 nitrogen and oxygen atoms in total. The van der Waals surface area contributed by atoms with Gasteiger partial charge in [0.2, 0.25) is 0 Å². The van der Waals surface area contributed by atoms with Crippen molar-refractivity contribution in [2.75, 3.05) is 59.3 Å². The maximum Gasteiger partial charge on any atom is 0.191 e. The molecule has 2 N–H and O–H groups in total. The van der Waals surface area contributed by atoms with Gasteiger partial charge >= 0.3 is 0 Å². The molecule has 0 radical (unpaired) electrons. The van der Waals surface area contributed by atoms with Crippen LogP contribution in [0, 0.1) is 5.92 Å². The minimum absolute atomic E-state index is 0.207. The molecular formula is C19H37N3O4. The van der Waals surface area contributed by atoms with Crippen LogP contribution in [-0.2, 0) is 18.9 Å². The third-order valence-corrected chi connectivity index (χ3v) is 4.61. The molecule has 2 rings (SSSR count). The highest BCUT2D eigenvalue weighted by Gasteiger charge is 2.17. The molecule has 0 bridgehead atoms. The summed E-state index contributed by atoms with van der Waals surface area (Å²) >= 11 is 0. The van der Waals surface area contributed by atoms with Gasteiger partial charge in [-0.2, -0.15) is 0 Å². The molecular weight excluding hydrogens is 334 g/mol. The van der Waals surface area contributed by atoms with Crippen LogP contribution in [0.15, 0.2) is 4.99 Å². The van der Waals surface area contributed by atoms with Gasteiger partial charge in [-0.05, 0) is 45.4 Å². The zero-order valence-corrected chi connectivity index (χ0v) is 16.5. The largest absolute Gasteiger partial charge is 0.381 e. The van der Waals surface area contributed by atoms with Crippen LogP contribution < -0.4 is 10.6 Å². The molecule has 0 spiro atoms. The molecule has 2 heterocycles. The zero-order chi connectivity index (χ0) is 18.5. The number of nitrogens with one attached hydrogen (secondary N) is 2. The fraction of sp³-hybridized carbons (Fsp3) is 0.947. The van der Waals surface area contributed by atoms with Crippen molar-refractivity contribution in [2.45, 2.75) is 51.7 Å². The molecule has 2 saturated heterocycles. The molecule has 26 heavy (non-hydrogen) atoms. The van der Waals surface area contributed by atoms with Crippen molar-refractivity contribution in [3.63, 3.8) is 0 Å². The van der Waals surface area contributed by atoms with E-state index in [4.69, 9.17) is 18.9 Å². The summed E-state index contributed by atoms with van der Waals surface area (Å²) in [6.07, 6.45) is 4.42. The van der Waals surface area contributed by atoms with Crippen molar-refractivity contribution >= 4 is 5.96 Å². The monoisotopic (exact) mass is 371 g/mol. The van der Waals surface area contributed by atoms with Gasteiger partial charge in [0.15, 0.2) is 5.96 Å². The molecule has 0 aliphatic carbocycles. The second kappa shape index (κ2) is 13.3. The minimum Gasteiger partial charge on any atom is -0.381 e. The van der Waals surface area contributed by atoms with Gasteiger partial charge in [0, 0.05) is 52.2 Å². The van der Waals surface area contributed by atoms with Gasteiger partial charge in [-0.1, -0.05) is 0 Å². The Kier molecular flexibility index (Phi) is 11.0. The Bertz CT molecular complexity index is 383. The topological polar surface area (TPSA) is 73.3 Å². The van der Waals surface area contributed by atoms with Gasteiger partial charge in [0.25, 0.3) is 0 Å². The Labute approximate surface area is 158 Å². The zero-order valence-electron chi connectivity index (χ0n) is 16.5. The number of guanidine groups is 1. The lowest BCUT2D eigenvalue weighted by molar-refractivity contribution is 0.0205. The number of rotatable bonds is 11. The third kappa shape index (κ3) is 9.16. The van der Waals surface area contributed by atoms with E-state index in [0.29, 0.717) is 12.5 Å². The van der Waals surface area contributed by atoms with Crippen LogP contribution in [-0.4, -0.2) is 77.4 Å². The van der Waals surface area contributed by atoms with E-state index in [1.165, 1.54) is 0 Å². The van der Waals surface area contributed by atoms with Crippen LogP contribution in [0.2, 0.25) is 0 Å². The van der Waals surface area contributed by atoms with Gasteiger partial charge in [0.1, 0.15) is 0 Å². The summed E-state index contributed by atoms with van der Waals surface area (Å²) in [5.74, 6) is 1.51. The van der Waals surface area contributed by atoms with Crippen molar-refractivity contribution < 1.29 is 18.9 Å². The average molecular weight is 372 g/mol. The summed E-state index contributed by atoms with van der Waals surface area (Å²) < 4.78 is 22.4. The lowest BCUT2D eigenvalue weighted by Gasteiger charge is -2.21. The van der Waals surface area contributed by atoms with Crippen LogP contribution in [0.25, 0.3) is 0 Å². The lowest BCUT2D eigenvalue weighted by Crippen LogP contribution is -2.44. The molecule has 7 heteroatoms. The Morgan fingerprint density at radius 2 is 2.00 bits per heavy atom. The van der Waals surface area contributed by atoms with Crippen LogP contribution >= 0.6 is 0 Å². The molecule has 2 unspecified atom stereocenters. The first kappa shape index (κ1) is 21.4. The summed E-state index contributed by atoms with van der Waals surface area (Å²) in [5, 5.41) is 6.69. The van der Waals surface area contributed by atoms with E-state index >= 15 is 0 Å². The highest BCUT2D eigenvalue weighted by molar-refractivity contribution is 5.80. The second-order valence-corrected chi connectivity index (χ2v) is 7.11. The maximum atomic E-state index is 5.86. The summed E-state index contributed by atoms with van der Waals surface area (Å²) in [6.45, 7) is 11.4. The normalized spacial score (nSPS) is 23.2. The average Bonchev–Trinajstić information content (AvgIpc) is 3.17. The molecule has 2 aliphatic rings.